The molecule has 0 aliphatic carbocycles. The SMILES string of the molecule is C[Si](C)(C)c1ccc(C=CC=O)o1. The van der Waals surface area contributed by atoms with Crippen LogP contribution in [-0.2, 0) is 4.79 Å². The molecule has 0 bridgehead atoms. The number of carbonyl (C=O) groups excluding carboxylic acids is 1. The van der Waals surface area contributed by atoms with E-state index in [2.05, 4.69) is 19.6 Å². The molecule has 1 aromatic rings. The van der Waals surface area contributed by atoms with Crippen LogP contribution in [0.1, 0.15) is 5.76 Å². The van der Waals surface area contributed by atoms with Crippen LogP contribution in [0.4, 0.5) is 0 Å². The van der Waals surface area contributed by atoms with Gasteiger partial charge in [-0.1, -0.05) is 19.6 Å². The molecule has 3 heteroatoms. The van der Waals surface area contributed by atoms with Crippen LogP contribution in [0, 0.1) is 0 Å². The summed E-state index contributed by atoms with van der Waals surface area (Å²) >= 11 is 0. The van der Waals surface area contributed by atoms with Gasteiger partial charge in [0.15, 0.2) is 0 Å². The normalized spacial score (nSPS) is 12.2. The summed E-state index contributed by atoms with van der Waals surface area (Å²) in [5.41, 5.74) is 0. The van der Waals surface area contributed by atoms with Gasteiger partial charge in [-0.15, -0.1) is 0 Å². The van der Waals surface area contributed by atoms with E-state index >= 15 is 0 Å². The predicted molar refractivity (Wildman–Crippen MR) is 56.8 cm³/mol. The molecule has 0 saturated carbocycles. The highest BCUT2D eigenvalue weighted by atomic mass is 28.3. The van der Waals surface area contributed by atoms with Gasteiger partial charge in [0.2, 0.25) is 0 Å². The van der Waals surface area contributed by atoms with Crippen molar-refractivity contribution < 1.29 is 9.21 Å². The zero-order valence-electron chi connectivity index (χ0n) is 8.20. The zero-order valence-corrected chi connectivity index (χ0v) is 9.20. The highest BCUT2D eigenvalue weighted by molar-refractivity contribution is 6.87. The van der Waals surface area contributed by atoms with Crippen molar-refractivity contribution in [2.75, 3.05) is 0 Å². The fraction of sp³-hybridized carbons (Fsp3) is 0.300. The molecule has 0 amide bonds. The zero-order chi connectivity index (χ0) is 9.90. The minimum atomic E-state index is -1.34. The number of aldehydes is 1. The van der Waals surface area contributed by atoms with Gasteiger partial charge in [-0.2, -0.15) is 0 Å². The van der Waals surface area contributed by atoms with Crippen LogP contribution in [-0.4, -0.2) is 14.4 Å². The van der Waals surface area contributed by atoms with Crippen molar-refractivity contribution in [3.63, 3.8) is 0 Å². The van der Waals surface area contributed by atoms with Crippen molar-refractivity contribution >= 4 is 25.8 Å². The molecule has 0 unspecified atom stereocenters. The molecular weight excluding hydrogens is 180 g/mol. The molecule has 0 fully saturated rings. The first-order chi connectivity index (χ1) is 6.04. The fourth-order valence-electron chi connectivity index (χ4n) is 0.980. The van der Waals surface area contributed by atoms with E-state index in [0.717, 1.165) is 17.4 Å². The molecule has 70 valence electrons. The van der Waals surface area contributed by atoms with Crippen LogP contribution >= 0.6 is 0 Å². The minimum Gasteiger partial charge on any atom is -0.467 e. The molecular formula is C10H14O2Si. The Balaban J connectivity index is 2.87. The van der Waals surface area contributed by atoms with Crippen LogP contribution in [0.5, 0.6) is 0 Å². The third-order valence-electron chi connectivity index (χ3n) is 1.71. The largest absolute Gasteiger partial charge is 0.467 e. The number of allylic oxidation sites excluding steroid dienone is 1. The Bertz CT molecular complexity index is 318. The summed E-state index contributed by atoms with van der Waals surface area (Å²) in [7, 11) is -1.34. The minimum absolute atomic E-state index is 0.747. The van der Waals surface area contributed by atoms with Crippen molar-refractivity contribution in [1.29, 1.82) is 0 Å². The molecule has 0 saturated heterocycles. The van der Waals surface area contributed by atoms with Gasteiger partial charge in [0, 0.05) is 0 Å². The highest BCUT2D eigenvalue weighted by Crippen LogP contribution is 2.07. The fourth-order valence-corrected chi connectivity index (χ4v) is 1.99. The lowest BCUT2D eigenvalue weighted by molar-refractivity contribution is -0.104. The molecule has 0 aliphatic heterocycles. The lowest BCUT2D eigenvalue weighted by Crippen LogP contribution is -2.36. The average Bonchev–Trinajstić information content (AvgIpc) is 2.47. The first kappa shape index (κ1) is 9.99. The third kappa shape index (κ3) is 2.70. The summed E-state index contributed by atoms with van der Waals surface area (Å²) in [5, 5.41) is 1.07. The first-order valence-electron chi connectivity index (χ1n) is 4.26. The van der Waals surface area contributed by atoms with Gasteiger partial charge in [0.1, 0.15) is 20.1 Å². The monoisotopic (exact) mass is 194 g/mol. The number of hydrogen-bond acceptors (Lipinski definition) is 2. The second-order valence-corrected chi connectivity index (χ2v) is 8.94. The molecule has 0 N–H and O–H groups in total. The Kier molecular flexibility index (Phi) is 2.88. The van der Waals surface area contributed by atoms with Gasteiger partial charge in [-0.3, -0.25) is 4.79 Å². The van der Waals surface area contributed by atoms with Crippen LogP contribution < -0.4 is 5.38 Å². The van der Waals surface area contributed by atoms with E-state index in [-0.39, 0.29) is 0 Å². The first-order valence-corrected chi connectivity index (χ1v) is 7.76. The summed E-state index contributed by atoms with van der Waals surface area (Å²) in [6.07, 6.45) is 3.86. The lowest BCUT2D eigenvalue weighted by atomic mass is 10.4. The Morgan fingerprint density at radius 3 is 2.46 bits per heavy atom. The van der Waals surface area contributed by atoms with Crippen LogP contribution in [0.15, 0.2) is 22.6 Å². The van der Waals surface area contributed by atoms with Gasteiger partial charge < -0.3 is 4.42 Å². The van der Waals surface area contributed by atoms with Crippen molar-refractivity contribution in [2.24, 2.45) is 0 Å². The summed E-state index contributed by atoms with van der Waals surface area (Å²) in [6.45, 7) is 6.66. The molecule has 2 nitrogen and oxygen atoms in total. The van der Waals surface area contributed by atoms with Gasteiger partial charge in [0.05, 0.1) is 5.38 Å². The second-order valence-electron chi connectivity index (χ2n) is 3.95. The van der Waals surface area contributed by atoms with E-state index in [1.807, 2.05) is 12.1 Å². The third-order valence-corrected chi connectivity index (χ3v) is 3.45. The Labute approximate surface area is 79.3 Å². The lowest BCUT2D eigenvalue weighted by Gasteiger charge is -2.10. The summed E-state index contributed by atoms with van der Waals surface area (Å²) in [5.74, 6) is 0.754. The maximum absolute atomic E-state index is 10.1. The molecule has 0 aliphatic rings. The summed E-state index contributed by atoms with van der Waals surface area (Å²) in [6, 6.07) is 3.89. The highest BCUT2D eigenvalue weighted by Gasteiger charge is 2.20. The molecule has 0 aromatic carbocycles. The van der Waals surface area contributed by atoms with Crippen LogP contribution in [0.2, 0.25) is 19.6 Å². The van der Waals surface area contributed by atoms with Crippen molar-refractivity contribution in [3.8, 4) is 0 Å². The van der Waals surface area contributed by atoms with Crippen LogP contribution in [0.3, 0.4) is 0 Å². The Morgan fingerprint density at radius 2 is 2.00 bits per heavy atom. The molecule has 0 spiro atoms. The van der Waals surface area contributed by atoms with Gasteiger partial charge >= 0.3 is 0 Å². The molecule has 0 atom stereocenters. The van der Waals surface area contributed by atoms with Crippen molar-refractivity contribution in [1.82, 2.24) is 0 Å². The Morgan fingerprint density at radius 1 is 1.31 bits per heavy atom. The quantitative estimate of drug-likeness (QED) is 0.419. The van der Waals surface area contributed by atoms with Crippen LogP contribution in [0.25, 0.3) is 6.08 Å². The molecule has 13 heavy (non-hydrogen) atoms. The number of rotatable bonds is 3. The van der Waals surface area contributed by atoms with E-state index in [9.17, 15) is 4.79 Å². The molecule has 1 aromatic heterocycles. The van der Waals surface area contributed by atoms with E-state index in [1.165, 1.54) is 6.08 Å². The van der Waals surface area contributed by atoms with E-state index in [0.29, 0.717) is 0 Å². The topological polar surface area (TPSA) is 30.2 Å². The maximum atomic E-state index is 10.1. The summed E-state index contributed by atoms with van der Waals surface area (Å²) < 4.78 is 5.57. The Hall–Kier alpha value is -1.09. The predicted octanol–water partition coefficient (Wildman–Crippen LogP) is 2.04. The van der Waals surface area contributed by atoms with Crippen molar-refractivity contribution in [2.45, 2.75) is 19.6 Å². The maximum Gasteiger partial charge on any atom is 0.142 e. The molecule has 1 rings (SSSR count). The van der Waals surface area contributed by atoms with Crippen molar-refractivity contribution in [3.05, 3.63) is 24.0 Å². The smallest absolute Gasteiger partial charge is 0.142 e. The standard InChI is InChI=1S/C10H14O2Si/c1-13(2,3)10-7-6-9(12-10)5-4-8-11/h4-8H,1-3H3. The number of carbonyl (C=O) groups is 1. The molecule has 0 radical (unpaired) electrons. The number of hydrogen-bond donors (Lipinski definition) is 0. The van der Waals surface area contributed by atoms with Gasteiger partial charge in [-0.25, -0.2) is 0 Å². The van der Waals surface area contributed by atoms with Gasteiger partial charge in [-0.05, 0) is 24.3 Å². The number of furan rings is 1. The summed E-state index contributed by atoms with van der Waals surface area (Å²) in [4.78, 5) is 10.1. The van der Waals surface area contributed by atoms with E-state index < -0.39 is 8.07 Å². The van der Waals surface area contributed by atoms with Gasteiger partial charge in [0.25, 0.3) is 0 Å². The average molecular weight is 194 g/mol. The van der Waals surface area contributed by atoms with E-state index in [4.69, 9.17) is 4.42 Å². The second kappa shape index (κ2) is 3.74. The van der Waals surface area contributed by atoms with E-state index in [1.54, 1.807) is 6.08 Å². The molecule has 1 heterocycles.